The van der Waals surface area contributed by atoms with E-state index in [4.69, 9.17) is 19.7 Å². The average Bonchev–Trinajstić information content (AvgIpc) is 2.64. The van der Waals surface area contributed by atoms with Crippen LogP contribution in [0.2, 0.25) is 0 Å². The van der Waals surface area contributed by atoms with Gasteiger partial charge in [0.15, 0.2) is 6.10 Å². The van der Waals surface area contributed by atoms with E-state index in [2.05, 4.69) is 0 Å². The Morgan fingerprint density at radius 2 is 1.52 bits per heavy atom. The minimum atomic E-state index is -1.41. The topological polar surface area (TPSA) is 93.1 Å². The first-order valence-corrected chi connectivity index (χ1v) is 7.87. The Labute approximate surface area is 146 Å². The molecule has 0 radical (unpaired) electrons. The highest BCUT2D eigenvalue weighted by molar-refractivity contribution is 5.73. The van der Waals surface area contributed by atoms with Gasteiger partial charge in [0.1, 0.15) is 11.5 Å². The maximum absolute atomic E-state index is 10.9. The Bertz CT molecular complexity index is 651. The molecule has 0 aliphatic heterocycles. The summed E-state index contributed by atoms with van der Waals surface area (Å²) in [6, 6.07) is 15.3. The highest BCUT2D eigenvalue weighted by atomic mass is 16.5. The fourth-order valence-corrected chi connectivity index (χ4v) is 1.75. The number of aliphatic carboxylic acids is 1. The van der Waals surface area contributed by atoms with Gasteiger partial charge in [-0.05, 0) is 36.8 Å². The molecule has 0 aliphatic carbocycles. The van der Waals surface area contributed by atoms with Crippen LogP contribution in [0.25, 0.3) is 0 Å². The molecular formula is C19H22O6. The second-order valence-corrected chi connectivity index (χ2v) is 4.88. The van der Waals surface area contributed by atoms with Crippen LogP contribution in [-0.2, 0) is 9.59 Å². The molecule has 2 aromatic carbocycles. The fourth-order valence-electron chi connectivity index (χ4n) is 1.75. The van der Waals surface area contributed by atoms with Crippen LogP contribution >= 0.6 is 0 Å². The van der Waals surface area contributed by atoms with Crippen molar-refractivity contribution in [2.45, 2.75) is 26.4 Å². The molecule has 2 aromatic rings. The number of hydrogen-bond acceptors (Lipinski definition) is 5. The zero-order valence-electron chi connectivity index (χ0n) is 14.2. The van der Waals surface area contributed by atoms with E-state index in [1.54, 1.807) is 61.5 Å². The number of carboxylic acid groups (broad SMARTS) is 1. The maximum Gasteiger partial charge on any atom is 0.337 e. The van der Waals surface area contributed by atoms with Gasteiger partial charge in [0.2, 0.25) is 0 Å². The number of aliphatic hydroxyl groups excluding tert-OH is 1. The van der Waals surface area contributed by atoms with Crippen molar-refractivity contribution in [3.05, 3.63) is 60.2 Å². The molecule has 0 fully saturated rings. The third-order valence-electron chi connectivity index (χ3n) is 3.00. The Balaban J connectivity index is 0.000000257. The Morgan fingerprint density at radius 3 is 2.00 bits per heavy atom. The molecule has 134 valence electrons. The molecule has 1 atom stereocenters. The van der Waals surface area contributed by atoms with Crippen LogP contribution in [0.15, 0.2) is 54.6 Å². The normalized spacial score (nSPS) is 10.8. The van der Waals surface area contributed by atoms with E-state index < -0.39 is 12.1 Å². The number of hydrogen-bond donors (Lipinski definition) is 2. The second kappa shape index (κ2) is 10.8. The first kappa shape index (κ1) is 20.2. The summed E-state index contributed by atoms with van der Waals surface area (Å²) in [6.07, 6.45) is -1.02. The van der Waals surface area contributed by atoms with E-state index in [0.29, 0.717) is 24.3 Å². The average molecular weight is 346 g/mol. The van der Waals surface area contributed by atoms with E-state index in [1.807, 2.05) is 6.92 Å². The van der Waals surface area contributed by atoms with Crippen molar-refractivity contribution in [1.29, 1.82) is 0 Å². The molecule has 2 N–H and O–H groups in total. The SMILES string of the molecule is CCOc1ccc(OC(=O)CC)cc1.O=C(O)C(O)c1ccccc1. The summed E-state index contributed by atoms with van der Waals surface area (Å²) in [5.74, 6) is -0.116. The van der Waals surface area contributed by atoms with Gasteiger partial charge in [-0.15, -0.1) is 0 Å². The predicted octanol–water partition coefficient (Wildman–Crippen LogP) is 3.21. The van der Waals surface area contributed by atoms with Crippen molar-refractivity contribution in [2.24, 2.45) is 0 Å². The predicted molar refractivity (Wildman–Crippen MR) is 92.6 cm³/mol. The lowest BCUT2D eigenvalue weighted by atomic mass is 10.1. The smallest absolute Gasteiger partial charge is 0.337 e. The van der Waals surface area contributed by atoms with Crippen LogP contribution in [0, 0.1) is 0 Å². The highest BCUT2D eigenvalue weighted by Crippen LogP contribution is 2.17. The molecule has 6 heteroatoms. The molecule has 1 unspecified atom stereocenters. The third-order valence-corrected chi connectivity index (χ3v) is 3.00. The monoisotopic (exact) mass is 346 g/mol. The number of aliphatic hydroxyl groups is 1. The molecule has 2 rings (SSSR count). The number of rotatable bonds is 6. The van der Waals surface area contributed by atoms with Crippen molar-refractivity contribution in [1.82, 2.24) is 0 Å². The molecule has 25 heavy (non-hydrogen) atoms. The molecule has 0 heterocycles. The van der Waals surface area contributed by atoms with Gasteiger partial charge >= 0.3 is 11.9 Å². The zero-order chi connectivity index (χ0) is 18.7. The number of carboxylic acids is 1. The number of benzene rings is 2. The molecule has 0 bridgehead atoms. The molecule has 0 saturated heterocycles. The van der Waals surface area contributed by atoms with Gasteiger partial charge in [0.05, 0.1) is 6.61 Å². The van der Waals surface area contributed by atoms with Crippen LogP contribution in [0.4, 0.5) is 0 Å². The standard InChI is InChI=1S/C11H14O3.C8H8O3/c1-3-11(12)14-10-7-5-9(6-8-10)13-4-2;9-7(8(10)11)6-4-2-1-3-5-6/h5-8H,3-4H2,1-2H3;1-5,7,9H,(H,10,11). The Kier molecular flexibility index (Phi) is 8.74. The van der Waals surface area contributed by atoms with E-state index in [9.17, 15) is 9.59 Å². The molecule has 0 spiro atoms. The van der Waals surface area contributed by atoms with Gasteiger partial charge in [-0.25, -0.2) is 4.79 Å². The quantitative estimate of drug-likeness (QED) is 0.616. The van der Waals surface area contributed by atoms with Gasteiger partial charge in [-0.1, -0.05) is 37.3 Å². The van der Waals surface area contributed by atoms with Crippen LogP contribution in [0.1, 0.15) is 31.9 Å². The largest absolute Gasteiger partial charge is 0.494 e. The van der Waals surface area contributed by atoms with Gasteiger partial charge < -0.3 is 19.7 Å². The molecule has 0 aliphatic rings. The summed E-state index contributed by atoms with van der Waals surface area (Å²) in [7, 11) is 0. The van der Waals surface area contributed by atoms with Crippen LogP contribution in [0.3, 0.4) is 0 Å². The fraction of sp³-hybridized carbons (Fsp3) is 0.263. The first-order valence-electron chi connectivity index (χ1n) is 7.87. The lowest BCUT2D eigenvalue weighted by Crippen LogP contribution is -2.09. The number of esters is 1. The lowest BCUT2D eigenvalue weighted by Gasteiger charge is -2.04. The van der Waals surface area contributed by atoms with Gasteiger partial charge in [-0.3, -0.25) is 4.79 Å². The van der Waals surface area contributed by atoms with Gasteiger partial charge in [0.25, 0.3) is 0 Å². The van der Waals surface area contributed by atoms with Crippen molar-refractivity contribution in [3.8, 4) is 11.5 Å². The second-order valence-electron chi connectivity index (χ2n) is 4.88. The van der Waals surface area contributed by atoms with E-state index >= 15 is 0 Å². The molecule has 6 nitrogen and oxygen atoms in total. The van der Waals surface area contributed by atoms with E-state index in [1.165, 1.54) is 0 Å². The van der Waals surface area contributed by atoms with E-state index in [0.717, 1.165) is 5.75 Å². The molecule has 0 aromatic heterocycles. The van der Waals surface area contributed by atoms with Crippen molar-refractivity contribution in [3.63, 3.8) is 0 Å². The summed E-state index contributed by atoms with van der Waals surface area (Å²) >= 11 is 0. The minimum absolute atomic E-state index is 0.228. The van der Waals surface area contributed by atoms with Crippen molar-refractivity contribution < 1.29 is 29.3 Å². The molecular weight excluding hydrogens is 324 g/mol. The van der Waals surface area contributed by atoms with Crippen molar-refractivity contribution in [2.75, 3.05) is 6.61 Å². The van der Waals surface area contributed by atoms with Crippen LogP contribution < -0.4 is 9.47 Å². The maximum atomic E-state index is 10.9. The van der Waals surface area contributed by atoms with Crippen molar-refractivity contribution >= 4 is 11.9 Å². The number of ether oxygens (including phenoxy) is 2. The Morgan fingerprint density at radius 1 is 0.960 bits per heavy atom. The third kappa shape index (κ3) is 7.50. The van der Waals surface area contributed by atoms with Gasteiger partial charge in [-0.2, -0.15) is 0 Å². The van der Waals surface area contributed by atoms with E-state index in [-0.39, 0.29) is 5.97 Å². The lowest BCUT2D eigenvalue weighted by molar-refractivity contribution is -0.147. The first-order chi connectivity index (χ1) is 12.0. The van der Waals surface area contributed by atoms with Crippen LogP contribution in [0.5, 0.6) is 11.5 Å². The highest BCUT2D eigenvalue weighted by Gasteiger charge is 2.14. The zero-order valence-corrected chi connectivity index (χ0v) is 14.2. The number of carbonyl (C=O) groups excluding carboxylic acids is 1. The van der Waals surface area contributed by atoms with Crippen LogP contribution in [-0.4, -0.2) is 28.8 Å². The molecule has 0 saturated carbocycles. The number of carbonyl (C=O) groups is 2. The Hall–Kier alpha value is -2.86. The van der Waals surface area contributed by atoms with Gasteiger partial charge in [0, 0.05) is 6.42 Å². The summed E-state index contributed by atoms with van der Waals surface area (Å²) < 4.78 is 10.3. The molecule has 0 amide bonds. The summed E-state index contributed by atoms with van der Waals surface area (Å²) in [4.78, 5) is 21.2. The summed E-state index contributed by atoms with van der Waals surface area (Å²) in [5, 5.41) is 17.4. The summed E-state index contributed by atoms with van der Waals surface area (Å²) in [6.45, 7) is 4.32. The minimum Gasteiger partial charge on any atom is -0.494 e. The summed E-state index contributed by atoms with van der Waals surface area (Å²) in [5.41, 5.74) is 0.403.